The van der Waals surface area contributed by atoms with Crippen LogP contribution in [0, 0.1) is 5.41 Å². The molecule has 1 saturated carbocycles. The molecule has 2 atom stereocenters. The molecule has 0 bridgehead atoms. The fraction of sp³-hybridized carbons (Fsp3) is 0.471. The highest BCUT2D eigenvalue weighted by molar-refractivity contribution is 9.09. The van der Waals surface area contributed by atoms with Crippen molar-refractivity contribution in [2.45, 2.75) is 44.0 Å². The number of nitrogens with zero attached hydrogens (tertiary/aromatic N) is 1. The number of benzene rings is 1. The molecule has 0 spiro atoms. The van der Waals surface area contributed by atoms with E-state index in [4.69, 9.17) is 4.74 Å². The zero-order valence-electron chi connectivity index (χ0n) is 12.0. The van der Waals surface area contributed by atoms with Crippen LogP contribution in [-0.4, -0.2) is 15.9 Å². The third-order valence-corrected chi connectivity index (χ3v) is 6.16. The molecule has 1 aliphatic rings. The molecule has 1 aliphatic carbocycles. The maximum Gasteiger partial charge on any atom is 0.129 e. The minimum absolute atomic E-state index is 0.268. The number of rotatable bonds is 4. The molecule has 0 aliphatic heterocycles. The summed E-state index contributed by atoms with van der Waals surface area (Å²) < 4.78 is 6.36. The lowest BCUT2D eigenvalue weighted by Crippen LogP contribution is -2.56. The summed E-state index contributed by atoms with van der Waals surface area (Å²) in [6.45, 7) is 4.52. The van der Waals surface area contributed by atoms with E-state index in [9.17, 15) is 0 Å². The Morgan fingerprint density at radius 3 is 2.75 bits per heavy atom. The highest BCUT2D eigenvalue weighted by atomic mass is 79.9. The molecule has 3 rings (SSSR count). The van der Waals surface area contributed by atoms with Gasteiger partial charge in [-0.3, -0.25) is 4.98 Å². The molecule has 0 saturated heterocycles. The topological polar surface area (TPSA) is 22.1 Å². The summed E-state index contributed by atoms with van der Waals surface area (Å²) in [6.07, 6.45) is 5.50. The van der Waals surface area contributed by atoms with Gasteiger partial charge in [-0.25, -0.2) is 0 Å². The Morgan fingerprint density at radius 2 is 2.05 bits per heavy atom. The largest absolute Gasteiger partial charge is 0.489 e. The van der Waals surface area contributed by atoms with E-state index in [1.807, 2.05) is 24.4 Å². The lowest BCUT2D eigenvalue weighted by Gasteiger charge is -2.52. The van der Waals surface area contributed by atoms with Gasteiger partial charge in [-0.1, -0.05) is 35.8 Å². The second kappa shape index (κ2) is 5.36. The number of hydrogen-bond acceptors (Lipinski definition) is 2. The molecule has 0 N–H and O–H groups in total. The van der Waals surface area contributed by atoms with Crippen molar-refractivity contribution in [2.75, 3.05) is 0 Å². The number of pyridine rings is 1. The van der Waals surface area contributed by atoms with E-state index < -0.39 is 0 Å². The van der Waals surface area contributed by atoms with Gasteiger partial charge in [0.05, 0.1) is 5.52 Å². The molecule has 1 fully saturated rings. The maximum atomic E-state index is 6.36. The van der Waals surface area contributed by atoms with Crippen molar-refractivity contribution in [3.8, 4) is 5.75 Å². The number of alkyl halides is 1. The lowest BCUT2D eigenvalue weighted by molar-refractivity contribution is -0.0402. The van der Waals surface area contributed by atoms with Crippen LogP contribution in [0.1, 0.15) is 33.1 Å². The second-order valence-electron chi connectivity index (χ2n) is 5.58. The van der Waals surface area contributed by atoms with Crippen LogP contribution in [0.25, 0.3) is 10.9 Å². The molecule has 2 unspecified atom stereocenters. The van der Waals surface area contributed by atoms with Crippen molar-refractivity contribution in [1.82, 2.24) is 4.98 Å². The lowest BCUT2D eigenvalue weighted by atomic mass is 9.62. The molecule has 1 aromatic heterocycles. The standard InChI is InChI=1S/C17H20BrNO/c1-3-17(4-2)15(18)11-16(17)20-14-9-5-8-13-12(14)7-6-10-19-13/h5-10,15-16H,3-4,11H2,1-2H3. The van der Waals surface area contributed by atoms with Gasteiger partial charge < -0.3 is 4.74 Å². The normalized spacial score (nSPS) is 24.4. The smallest absolute Gasteiger partial charge is 0.129 e. The minimum Gasteiger partial charge on any atom is -0.489 e. The van der Waals surface area contributed by atoms with E-state index in [0.717, 1.165) is 35.9 Å². The van der Waals surface area contributed by atoms with Crippen LogP contribution in [0.4, 0.5) is 0 Å². The number of halogens is 1. The van der Waals surface area contributed by atoms with E-state index in [1.165, 1.54) is 0 Å². The average Bonchev–Trinajstić information content (AvgIpc) is 2.48. The van der Waals surface area contributed by atoms with E-state index in [0.29, 0.717) is 10.9 Å². The zero-order valence-corrected chi connectivity index (χ0v) is 13.6. The molecule has 20 heavy (non-hydrogen) atoms. The van der Waals surface area contributed by atoms with Gasteiger partial charge in [0.15, 0.2) is 0 Å². The van der Waals surface area contributed by atoms with Gasteiger partial charge in [-0.2, -0.15) is 0 Å². The van der Waals surface area contributed by atoms with Crippen molar-refractivity contribution in [1.29, 1.82) is 0 Å². The summed E-state index contributed by atoms with van der Waals surface area (Å²) in [5, 5.41) is 1.11. The van der Waals surface area contributed by atoms with Crippen LogP contribution in [0.15, 0.2) is 36.5 Å². The van der Waals surface area contributed by atoms with Gasteiger partial charge in [0.2, 0.25) is 0 Å². The Balaban J connectivity index is 1.91. The van der Waals surface area contributed by atoms with E-state index in [2.05, 4.69) is 46.9 Å². The van der Waals surface area contributed by atoms with Crippen LogP contribution in [0.2, 0.25) is 0 Å². The number of ether oxygens (including phenoxy) is 1. The molecular formula is C17H20BrNO. The molecule has 1 aromatic carbocycles. The van der Waals surface area contributed by atoms with Crippen LogP contribution >= 0.6 is 15.9 Å². The van der Waals surface area contributed by atoms with Gasteiger partial charge >= 0.3 is 0 Å². The van der Waals surface area contributed by atoms with Crippen LogP contribution in [-0.2, 0) is 0 Å². The van der Waals surface area contributed by atoms with Gasteiger partial charge in [-0.05, 0) is 43.5 Å². The summed E-state index contributed by atoms with van der Waals surface area (Å²) in [7, 11) is 0. The number of fused-ring (bicyclic) bond motifs is 1. The quantitative estimate of drug-likeness (QED) is 0.738. The molecule has 0 amide bonds. The highest BCUT2D eigenvalue weighted by Crippen LogP contribution is 2.53. The summed E-state index contributed by atoms with van der Waals surface area (Å²) in [5.41, 5.74) is 1.27. The van der Waals surface area contributed by atoms with Crippen molar-refractivity contribution < 1.29 is 4.74 Å². The van der Waals surface area contributed by atoms with Crippen molar-refractivity contribution in [3.05, 3.63) is 36.5 Å². The average molecular weight is 334 g/mol. The van der Waals surface area contributed by atoms with Crippen molar-refractivity contribution in [2.24, 2.45) is 5.41 Å². The molecule has 3 heteroatoms. The number of hydrogen-bond donors (Lipinski definition) is 0. The van der Waals surface area contributed by atoms with E-state index >= 15 is 0 Å². The third-order valence-electron chi connectivity index (χ3n) is 4.88. The maximum absolute atomic E-state index is 6.36. The predicted molar refractivity (Wildman–Crippen MR) is 86.5 cm³/mol. The van der Waals surface area contributed by atoms with Gasteiger partial charge in [-0.15, -0.1) is 0 Å². The second-order valence-corrected chi connectivity index (χ2v) is 6.68. The molecule has 2 aromatic rings. The third kappa shape index (κ3) is 2.03. The Morgan fingerprint density at radius 1 is 1.25 bits per heavy atom. The summed E-state index contributed by atoms with van der Waals surface area (Å²) in [4.78, 5) is 4.97. The summed E-state index contributed by atoms with van der Waals surface area (Å²) in [5.74, 6) is 0.964. The SMILES string of the molecule is CCC1(CC)C(Br)CC1Oc1cccc2ncccc12. The van der Waals surface area contributed by atoms with Crippen molar-refractivity contribution in [3.63, 3.8) is 0 Å². The molecule has 0 radical (unpaired) electrons. The van der Waals surface area contributed by atoms with Gasteiger partial charge in [0, 0.05) is 21.8 Å². The Labute approximate surface area is 128 Å². The molecule has 106 valence electrons. The molecular weight excluding hydrogens is 314 g/mol. The summed E-state index contributed by atoms with van der Waals surface area (Å²) >= 11 is 3.82. The first-order valence-electron chi connectivity index (χ1n) is 7.35. The first-order valence-corrected chi connectivity index (χ1v) is 8.27. The summed E-state index contributed by atoms with van der Waals surface area (Å²) in [6, 6.07) is 10.2. The van der Waals surface area contributed by atoms with Gasteiger partial charge in [0.1, 0.15) is 11.9 Å². The van der Waals surface area contributed by atoms with Crippen molar-refractivity contribution >= 4 is 26.8 Å². The molecule has 2 nitrogen and oxygen atoms in total. The monoisotopic (exact) mass is 333 g/mol. The van der Waals surface area contributed by atoms with E-state index in [1.54, 1.807) is 0 Å². The Hall–Kier alpha value is -1.09. The Kier molecular flexibility index (Phi) is 3.72. The van der Waals surface area contributed by atoms with Crippen LogP contribution in [0.5, 0.6) is 5.75 Å². The fourth-order valence-corrected chi connectivity index (χ4v) is 4.63. The van der Waals surface area contributed by atoms with Gasteiger partial charge in [0.25, 0.3) is 0 Å². The van der Waals surface area contributed by atoms with Crippen LogP contribution < -0.4 is 4.74 Å². The molecule has 1 heterocycles. The highest BCUT2D eigenvalue weighted by Gasteiger charge is 2.53. The first-order chi connectivity index (χ1) is 9.71. The van der Waals surface area contributed by atoms with E-state index in [-0.39, 0.29) is 5.41 Å². The first kappa shape index (κ1) is 13.9. The minimum atomic E-state index is 0.268. The van der Waals surface area contributed by atoms with Crippen LogP contribution in [0.3, 0.4) is 0 Å². The Bertz CT molecular complexity index is 603. The number of aromatic nitrogens is 1. The zero-order chi connectivity index (χ0) is 14.2. The predicted octanol–water partition coefficient (Wildman–Crippen LogP) is 4.96. The fourth-order valence-electron chi connectivity index (χ4n) is 3.34.